The van der Waals surface area contributed by atoms with E-state index in [9.17, 15) is 0 Å². The molecule has 1 heterocycles. The Kier molecular flexibility index (Phi) is 1.95. The molecule has 1 nitrogen and oxygen atoms in total. The summed E-state index contributed by atoms with van der Waals surface area (Å²) in [4.78, 5) is 0. The van der Waals surface area contributed by atoms with Crippen molar-refractivity contribution in [1.29, 1.82) is 0 Å². The Morgan fingerprint density at radius 2 is 1.57 bits per heavy atom. The molecule has 0 unspecified atom stereocenters. The van der Waals surface area contributed by atoms with E-state index in [4.69, 9.17) is 5.73 Å². The van der Waals surface area contributed by atoms with E-state index in [-0.39, 0.29) is 0 Å². The van der Waals surface area contributed by atoms with Crippen LogP contribution in [0.15, 0.2) is 18.2 Å². The molecule has 0 amide bonds. The monoisotopic (exact) mass is 221 g/mol. The van der Waals surface area contributed by atoms with Crippen molar-refractivity contribution in [2.45, 2.75) is 31.9 Å². The zero-order valence-electron chi connectivity index (χ0n) is 9.52. The van der Waals surface area contributed by atoms with E-state index in [1.165, 1.54) is 5.67 Å². The topological polar surface area (TPSA) is 26.0 Å². The minimum absolute atomic E-state index is 0.941. The highest BCUT2D eigenvalue weighted by Gasteiger charge is 2.44. The van der Waals surface area contributed by atoms with Gasteiger partial charge in [0.15, 0.2) is 0 Å². The fourth-order valence-electron chi connectivity index (χ4n) is 3.01. The second kappa shape index (κ2) is 2.73. The average Bonchev–Trinajstić information content (AvgIpc) is 2.17. The highest BCUT2D eigenvalue weighted by Crippen LogP contribution is 2.26. The molecule has 0 bridgehead atoms. The summed E-state index contributed by atoms with van der Waals surface area (Å²) in [6.07, 6.45) is 0. The Morgan fingerprint density at radius 1 is 1.00 bits per heavy atom. The van der Waals surface area contributed by atoms with Crippen molar-refractivity contribution in [1.82, 2.24) is 0 Å². The second-order valence-corrected chi connectivity index (χ2v) is 15.8. The summed E-state index contributed by atoms with van der Waals surface area (Å²) in [5.74, 6) is 0. The summed E-state index contributed by atoms with van der Waals surface area (Å²) in [5, 5.41) is 3.30. The van der Waals surface area contributed by atoms with E-state index < -0.39 is 16.1 Å². The third kappa shape index (κ3) is 1.35. The van der Waals surface area contributed by atoms with Crippen molar-refractivity contribution < 1.29 is 0 Å². The van der Waals surface area contributed by atoms with Gasteiger partial charge in [-0.05, 0) is 12.1 Å². The fourth-order valence-corrected chi connectivity index (χ4v) is 18.1. The lowest BCUT2D eigenvalue weighted by atomic mass is 10.3. The molecule has 76 valence electrons. The molecule has 2 N–H and O–H groups in total. The van der Waals surface area contributed by atoms with Gasteiger partial charge in [-0.1, -0.05) is 48.3 Å². The van der Waals surface area contributed by atoms with Crippen LogP contribution in [-0.4, -0.2) is 16.1 Å². The molecule has 0 radical (unpaired) electrons. The van der Waals surface area contributed by atoms with E-state index in [1.54, 1.807) is 10.4 Å². The van der Waals surface area contributed by atoms with Gasteiger partial charge < -0.3 is 5.73 Å². The van der Waals surface area contributed by atoms with Gasteiger partial charge in [-0.25, -0.2) is 0 Å². The Balaban J connectivity index is 2.66. The number of nitrogens with two attached hydrogens (primary N) is 1. The molecule has 0 saturated heterocycles. The summed E-state index contributed by atoms with van der Waals surface area (Å²) in [6.45, 7) is 9.94. The predicted molar refractivity (Wildman–Crippen MR) is 69.9 cm³/mol. The van der Waals surface area contributed by atoms with Crippen molar-refractivity contribution in [2.24, 2.45) is 0 Å². The van der Waals surface area contributed by atoms with Crippen LogP contribution in [0.3, 0.4) is 0 Å². The number of benzene rings is 1. The molecule has 1 aromatic carbocycles. The van der Waals surface area contributed by atoms with Crippen LogP contribution in [0.4, 0.5) is 5.69 Å². The molecule has 0 saturated carbocycles. The molecular formula is C11H19NSi2. The van der Waals surface area contributed by atoms with Gasteiger partial charge in [0.2, 0.25) is 0 Å². The SMILES string of the molecule is C[Si]1(C)C[Si](C)(C)c2cc(N)ccc21. The minimum atomic E-state index is -1.15. The summed E-state index contributed by atoms with van der Waals surface area (Å²) < 4.78 is 0. The summed E-state index contributed by atoms with van der Waals surface area (Å²) in [5.41, 5.74) is 8.30. The Labute approximate surface area is 88.4 Å². The van der Waals surface area contributed by atoms with Gasteiger partial charge in [-0.15, -0.1) is 0 Å². The van der Waals surface area contributed by atoms with Crippen LogP contribution in [0.25, 0.3) is 0 Å². The number of anilines is 1. The third-order valence-electron chi connectivity index (χ3n) is 3.39. The lowest BCUT2D eigenvalue weighted by molar-refractivity contribution is 1.63. The first kappa shape index (κ1) is 9.99. The van der Waals surface area contributed by atoms with E-state index in [1.807, 2.05) is 0 Å². The van der Waals surface area contributed by atoms with Crippen LogP contribution in [0, 0.1) is 0 Å². The minimum Gasteiger partial charge on any atom is -0.399 e. The number of hydrogen-bond donors (Lipinski definition) is 1. The Bertz CT molecular complexity index is 383. The van der Waals surface area contributed by atoms with Gasteiger partial charge in [0.05, 0.1) is 16.1 Å². The van der Waals surface area contributed by atoms with Crippen molar-refractivity contribution in [3.63, 3.8) is 0 Å². The van der Waals surface area contributed by atoms with Gasteiger partial charge >= 0.3 is 0 Å². The van der Waals surface area contributed by atoms with Crippen LogP contribution in [-0.2, 0) is 0 Å². The smallest absolute Gasteiger partial charge is 0.0783 e. The molecule has 1 aliphatic rings. The maximum absolute atomic E-state index is 5.88. The average molecular weight is 221 g/mol. The maximum atomic E-state index is 5.88. The van der Waals surface area contributed by atoms with Crippen molar-refractivity contribution in [3.8, 4) is 0 Å². The molecule has 0 spiro atoms. The lowest BCUT2D eigenvalue weighted by Crippen LogP contribution is -2.44. The fraction of sp³-hybridized carbons (Fsp3) is 0.455. The van der Waals surface area contributed by atoms with E-state index >= 15 is 0 Å². The molecule has 3 heteroatoms. The first-order chi connectivity index (χ1) is 6.33. The van der Waals surface area contributed by atoms with Crippen LogP contribution in [0.5, 0.6) is 0 Å². The van der Waals surface area contributed by atoms with Crippen LogP contribution in [0.2, 0.25) is 31.9 Å². The molecule has 2 rings (SSSR count). The molecule has 0 fully saturated rings. The Hall–Kier alpha value is -0.546. The number of hydrogen-bond acceptors (Lipinski definition) is 1. The van der Waals surface area contributed by atoms with Crippen molar-refractivity contribution in [2.75, 3.05) is 5.73 Å². The largest absolute Gasteiger partial charge is 0.399 e. The van der Waals surface area contributed by atoms with Crippen LogP contribution < -0.4 is 16.1 Å². The molecule has 1 aromatic rings. The molecule has 14 heavy (non-hydrogen) atoms. The van der Waals surface area contributed by atoms with Crippen molar-refractivity contribution >= 4 is 32.2 Å². The van der Waals surface area contributed by atoms with Gasteiger partial charge in [0.25, 0.3) is 0 Å². The normalized spacial score (nSPS) is 22.0. The zero-order chi connectivity index (χ0) is 10.6. The predicted octanol–water partition coefficient (Wildman–Crippen LogP) is 1.65. The van der Waals surface area contributed by atoms with Crippen molar-refractivity contribution in [3.05, 3.63) is 18.2 Å². The molecule has 1 aliphatic heterocycles. The maximum Gasteiger partial charge on any atom is 0.0783 e. The zero-order valence-corrected chi connectivity index (χ0v) is 11.5. The second-order valence-electron chi connectivity index (χ2n) is 5.75. The number of nitrogen functional groups attached to an aromatic ring is 1. The van der Waals surface area contributed by atoms with Gasteiger partial charge in [-0.2, -0.15) is 0 Å². The lowest BCUT2D eigenvalue weighted by Gasteiger charge is -2.19. The summed E-state index contributed by atoms with van der Waals surface area (Å²) in [6, 6.07) is 6.60. The third-order valence-corrected chi connectivity index (χ3v) is 14.5. The Morgan fingerprint density at radius 3 is 2.21 bits per heavy atom. The summed E-state index contributed by atoms with van der Waals surface area (Å²) in [7, 11) is -2.26. The van der Waals surface area contributed by atoms with E-state index in [0.717, 1.165) is 5.69 Å². The molecule has 0 aliphatic carbocycles. The number of rotatable bonds is 0. The summed E-state index contributed by atoms with van der Waals surface area (Å²) >= 11 is 0. The van der Waals surface area contributed by atoms with E-state index in [0.29, 0.717) is 0 Å². The quantitative estimate of drug-likeness (QED) is 0.523. The van der Waals surface area contributed by atoms with Gasteiger partial charge in [0, 0.05) is 5.69 Å². The van der Waals surface area contributed by atoms with Crippen LogP contribution >= 0.6 is 0 Å². The highest BCUT2D eigenvalue weighted by atomic mass is 28.4. The van der Waals surface area contributed by atoms with Gasteiger partial charge in [-0.3, -0.25) is 0 Å². The molecule has 0 atom stereocenters. The molecular weight excluding hydrogens is 202 g/mol. The first-order valence-corrected chi connectivity index (χ1v) is 11.6. The standard InChI is InChI=1S/C11H19NSi2/c1-13(2)8-14(3,4)11-7-9(12)5-6-10(11)13/h5-7H,8,12H2,1-4H3. The van der Waals surface area contributed by atoms with Gasteiger partial charge in [0.1, 0.15) is 0 Å². The molecule has 0 aromatic heterocycles. The first-order valence-electron chi connectivity index (χ1n) is 5.23. The van der Waals surface area contributed by atoms with E-state index in [2.05, 4.69) is 44.4 Å². The highest BCUT2D eigenvalue weighted by molar-refractivity contribution is 7.14. The van der Waals surface area contributed by atoms with Crippen LogP contribution in [0.1, 0.15) is 0 Å². The number of fused-ring (bicyclic) bond motifs is 1.